The molecule has 2 aromatic heterocycles. The normalized spacial score (nSPS) is 12.6. The lowest BCUT2D eigenvalue weighted by Crippen LogP contribution is -2.13. The number of nitrogens with zero attached hydrogens (tertiary/aromatic N) is 3. The topological polar surface area (TPSA) is 60.2 Å². The SMILES string of the molecule is COCCn1ncc(Br)c1C(O)c1cncc(Br)c1. The Labute approximate surface area is 127 Å². The van der Waals surface area contributed by atoms with Crippen molar-refractivity contribution in [3.63, 3.8) is 0 Å². The van der Waals surface area contributed by atoms with E-state index in [0.29, 0.717) is 24.4 Å². The maximum atomic E-state index is 10.5. The number of aliphatic hydroxyl groups is 1. The minimum atomic E-state index is -0.793. The minimum absolute atomic E-state index is 0.532. The molecule has 0 aliphatic carbocycles. The van der Waals surface area contributed by atoms with E-state index in [1.165, 1.54) is 0 Å². The van der Waals surface area contributed by atoms with Crippen molar-refractivity contribution < 1.29 is 9.84 Å². The molecule has 0 aromatic carbocycles. The van der Waals surface area contributed by atoms with Crippen LogP contribution in [-0.4, -0.2) is 33.6 Å². The summed E-state index contributed by atoms with van der Waals surface area (Å²) in [5, 5.41) is 14.7. The molecule has 1 atom stereocenters. The van der Waals surface area contributed by atoms with Gasteiger partial charge >= 0.3 is 0 Å². The van der Waals surface area contributed by atoms with Crippen molar-refractivity contribution in [2.75, 3.05) is 13.7 Å². The van der Waals surface area contributed by atoms with Gasteiger partial charge in [0.15, 0.2) is 0 Å². The highest BCUT2D eigenvalue weighted by molar-refractivity contribution is 9.10. The zero-order valence-corrected chi connectivity index (χ0v) is 13.4. The Hall–Kier alpha value is -0.760. The molecule has 0 saturated carbocycles. The van der Waals surface area contributed by atoms with Gasteiger partial charge in [-0.15, -0.1) is 0 Å². The van der Waals surface area contributed by atoms with E-state index >= 15 is 0 Å². The standard InChI is InChI=1S/C12H13Br2N3O2/c1-19-3-2-17-11(10(14)7-16-17)12(18)8-4-9(13)6-15-5-8/h4-7,12,18H,2-3H2,1H3. The first-order chi connectivity index (χ1) is 9.13. The van der Waals surface area contributed by atoms with Crippen LogP contribution in [0.3, 0.4) is 0 Å². The van der Waals surface area contributed by atoms with Crippen molar-refractivity contribution in [1.82, 2.24) is 14.8 Å². The summed E-state index contributed by atoms with van der Waals surface area (Å²) in [4.78, 5) is 4.06. The summed E-state index contributed by atoms with van der Waals surface area (Å²) in [6, 6.07) is 1.83. The Morgan fingerprint density at radius 1 is 1.37 bits per heavy atom. The summed E-state index contributed by atoms with van der Waals surface area (Å²) in [5.41, 5.74) is 1.39. The Morgan fingerprint density at radius 2 is 2.16 bits per heavy atom. The number of rotatable bonds is 5. The first-order valence-corrected chi connectivity index (χ1v) is 7.20. The third-order valence-electron chi connectivity index (χ3n) is 2.64. The van der Waals surface area contributed by atoms with Gasteiger partial charge in [0.25, 0.3) is 0 Å². The lowest BCUT2D eigenvalue weighted by atomic mass is 10.1. The van der Waals surface area contributed by atoms with Gasteiger partial charge in [0.2, 0.25) is 0 Å². The largest absolute Gasteiger partial charge is 0.383 e. The van der Waals surface area contributed by atoms with Crippen LogP contribution in [-0.2, 0) is 11.3 Å². The van der Waals surface area contributed by atoms with Gasteiger partial charge in [-0.25, -0.2) is 0 Å². The van der Waals surface area contributed by atoms with E-state index in [1.807, 2.05) is 6.07 Å². The van der Waals surface area contributed by atoms with Gasteiger partial charge in [0.1, 0.15) is 6.10 Å². The third-order valence-corrected chi connectivity index (χ3v) is 3.69. The maximum absolute atomic E-state index is 10.5. The number of ether oxygens (including phenoxy) is 1. The van der Waals surface area contributed by atoms with E-state index in [2.05, 4.69) is 41.9 Å². The number of methoxy groups -OCH3 is 1. The van der Waals surface area contributed by atoms with Gasteiger partial charge in [0, 0.05) is 29.5 Å². The first kappa shape index (κ1) is 14.6. The van der Waals surface area contributed by atoms with E-state index in [9.17, 15) is 5.11 Å². The van der Waals surface area contributed by atoms with Crippen molar-refractivity contribution >= 4 is 31.9 Å². The maximum Gasteiger partial charge on any atom is 0.123 e. The minimum Gasteiger partial charge on any atom is -0.383 e. The molecule has 0 radical (unpaired) electrons. The third kappa shape index (κ3) is 3.42. The first-order valence-electron chi connectivity index (χ1n) is 5.62. The van der Waals surface area contributed by atoms with Crippen LogP contribution in [0.4, 0.5) is 0 Å². The van der Waals surface area contributed by atoms with Gasteiger partial charge < -0.3 is 9.84 Å². The summed E-state index contributed by atoms with van der Waals surface area (Å²) < 4.78 is 8.34. The van der Waals surface area contributed by atoms with Crippen molar-refractivity contribution in [2.24, 2.45) is 0 Å². The molecule has 0 fully saturated rings. The molecule has 0 bridgehead atoms. The number of hydrogen-bond donors (Lipinski definition) is 1. The molecule has 1 N–H and O–H groups in total. The Bertz CT molecular complexity index is 560. The molecule has 19 heavy (non-hydrogen) atoms. The van der Waals surface area contributed by atoms with Crippen molar-refractivity contribution in [1.29, 1.82) is 0 Å². The number of halogens is 2. The van der Waals surface area contributed by atoms with Gasteiger partial charge in [-0.1, -0.05) is 0 Å². The van der Waals surface area contributed by atoms with E-state index in [-0.39, 0.29) is 0 Å². The molecule has 102 valence electrons. The zero-order valence-electron chi connectivity index (χ0n) is 10.3. The second-order valence-corrected chi connectivity index (χ2v) is 5.70. The Morgan fingerprint density at radius 3 is 2.84 bits per heavy atom. The van der Waals surface area contributed by atoms with Crippen LogP contribution in [0.25, 0.3) is 0 Å². The van der Waals surface area contributed by atoms with Crippen LogP contribution in [0.1, 0.15) is 17.4 Å². The molecule has 7 heteroatoms. The average molecular weight is 391 g/mol. The van der Waals surface area contributed by atoms with Crippen LogP contribution in [0, 0.1) is 0 Å². The van der Waals surface area contributed by atoms with Gasteiger partial charge in [0.05, 0.1) is 29.5 Å². The molecule has 0 aliphatic heterocycles. The Balaban J connectivity index is 2.32. The number of hydrogen-bond acceptors (Lipinski definition) is 4. The highest BCUT2D eigenvalue weighted by atomic mass is 79.9. The van der Waals surface area contributed by atoms with Gasteiger partial charge in [-0.05, 0) is 37.9 Å². The van der Waals surface area contributed by atoms with Crippen molar-refractivity contribution in [2.45, 2.75) is 12.6 Å². The number of pyridine rings is 1. The molecule has 0 amide bonds. The van der Waals surface area contributed by atoms with Crippen molar-refractivity contribution in [3.8, 4) is 0 Å². The number of aliphatic hydroxyl groups excluding tert-OH is 1. The molecule has 0 spiro atoms. The van der Waals surface area contributed by atoms with Crippen molar-refractivity contribution in [3.05, 3.63) is 44.9 Å². The van der Waals surface area contributed by atoms with E-state index in [1.54, 1.807) is 30.4 Å². The lowest BCUT2D eigenvalue weighted by molar-refractivity contribution is 0.171. The quantitative estimate of drug-likeness (QED) is 0.852. The van der Waals surface area contributed by atoms with Gasteiger partial charge in [-0.2, -0.15) is 5.10 Å². The van der Waals surface area contributed by atoms with Crippen LogP contribution < -0.4 is 0 Å². The number of aromatic nitrogens is 3. The van der Waals surface area contributed by atoms with Crippen LogP contribution >= 0.6 is 31.9 Å². The molecule has 5 nitrogen and oxygen atoms in total. The summed E-state index contributed by atoms with van der Waals surface area (Å²) in [6.45, 7) is 1.11. The summed E-state index contributed by atoms with van der Waals surface area (Å²) in [5.74, 6) is 0. The summed E-state index contributed by atoms with van der Waals surface area (Å²) in [6.07, 6.45) is 4.18. The van der Waals surface area contributed by atoms with Crippen LogP contribution in [0.15, 0.2) is 33.6 Å². The predicted octanol–water partition coefficient (Wildman–Crippen LogP) is 2.53. The highest BCUT2D eigenvalue weighted by Gasteiger charge is 2.20. The molecule has 1 unspecified atom stereocenters. The monoisotopic (exact) mass is 389 g/mol. The molecule has 0 saturated heterocycles. The fourth-order valence-electron chi connectivity index (χ4n) is 1.74. The summed E-state index contributed by atoms with van der Waals surface area (Å²) >= 11 is 6.75. The molecular formula is C12H13Br2N3O2. The second kappa shape index (κ2) is 6.60. The molecule has 2 aromatic rings. The van der Waals surface area contributed by atoms with E-state index in [0.717, 1.165) is 8.95 Å². The average Bonchev–Trinajstić information content (AvgIpc) is 2.76. The fraction of sp³-hybridized carbons (Fsp3) is 0.333. The van der Waals surface area contributed by atoms with Crippen LogP contribution in [0.5, 0.6) is 0 Å². The predicted molar refractivity (Wildman–Crippen MR) is 77.8 cm³/mol. The fourth-order valence-corrected chi connectivity index (χ4v) is 2.63. The zero-order chi connectivity index (χ0) is 13.8. The molecular weight excluding hydrogens is 378 g/mol. The molecule has 2 rings (SSSR count). The summed E-state index contributed by atoms with van der Waals surface area (Å²) in [7, 11) is 1.63. The highest BCUT2D eigenvalue weighted by Crippen LogP contribution is 2.29. The van der Waals surface area contributed by atoms with E-state index in [4.69, 9.17) is 4.74 Å². The molecule has 0 aliphatic rings. The van der Waals surface area contributed by atoms with E-state index < -0.39 is 6.10 Å². The van der Waals surface area contributed by atoms with Crippen LogP contribution in [0.2, 0.25) is 0 Å². The Kier molecular flexibility index (Phi) is 5.09. The molecule has 2 heterocycles. The smallest absolute Gasteiger partial charge is 0.123 e. The second-order valence-electron chi connectivity index (χ2n) is 3.93. The lowest BCUT2D eigenvalue weighted by Gasteiger charge is -2.14. The van der Waals surface area contributed by atoms with Gasteiger partial charge in [-0.3, -0.25) is 9.67 Å².